The highest BCUT2D eigenvalue weighted by Crippen LogP contribution is 2.08. The minimum Gasteiger partial charge on any atom is -0.480 e. The molecule has 0 aromatic rings. The molecule has 5 nitrogen and oxygen atoms in total. The van der Waals surface area contributed by atoms with Crippen LogP contribution in [0.4, 0.5) is 4.39 Å². The minimum absolute atomic E-state index is 0.327. The van der Waals surface area contributed by atoms with Crippen LogP contribution in [0, 0.1) is 0 Å². The first-order chi connectivity index (χ1) is 5.46. The van der Waals surface area contributed by atoms with E-state index in [-0.39, 0.29) is 6.54 Å². The Labute approximate surface area is 68.5 Å². The number of carboxylic acid groups (broad SMARTS) is 1. The molecule has 70 valence electrons. The standard InChI is InChI=1S/C6H11FN2O3/c7-3-6(9,5(11)12)1-4(10)2-8/h1-3,8-9H2,(H,11,12). The predicted molar refractivity (Wildman–Crippen MR) is 39.2 cm³/mol. The van der Waals surface area contributed by atoms with Gasteiger partial charge in [-0.25, -0.2) is 4.39 Å². The smallest absolute Gasteiger partial charge is 0.326 e. The van der Waals surface area contributed by atoms with E-state index in [1.807, 2.05) is 0 Å². The van der Waals surface area contributed by atoms with Crippen LogP contribution >= 0.6 is 0 Å². The summed E-state index contributed by atoms with van der Waals surface area (Å²) in [7, 11) is 0. The summed E-state index contributed by atoms with van der Waals surface area (Å²) in [6.07, 6.45) is -0.574. The average molecular weight is 178 g/mol. The lowest BCUT2D eigenvalue weighted by Gasteiger charge is -2.19. The summed E-state index contributed by atoms with van der Waals surface area (Å²) in [5, 5.41) is 8.42. The van der Waals surface area contributed by atoms with E-state index in [0.717, 1.165) is 0 Å². The number of ketones is 1. The molecule has 0 aliphatic heterocycles. The van der Waals surface area contributed by atoms with Gasteiger partial charge < -0.3 is 16.6 Å². The highest BCUT2D eigenvalue weighted by atomic mass is 19.1. The zero-order valence-electron chi connectivity index (χ0n) is 6.42. The molecule has 0 saturated carbocycles. The summed E-state index contributed by atoms with van der Waals surface area (Å²) in [5.41, 5.74) is 7.86. The Kier molecular flexibility index (Phi) is 3.78. The fourth-order valence-electron chi connectivity index (χ4n) is 0.604. The third-order valence-corrected chi connectivity index (χ3v) is 1.40. The SMILES string of the molecule is NCC(=O)CC(N)(CF)C(=O)O. The van der Waals surface area contributed by atoms with Crippen LogP contribution in [0.5, 0.6) is 0 Å². The van der Waals surface area contributed by atoms with Crippen LogP contribution in [0.15, 0.2) is 0 Å². The van der Waals surface area contributed by atoms with Crippen LogP contribution in [-0.4, -0.2) is 35.6 Å². The summed E-state index contributed by atoms with van der Waals surface area (Å²) in [6, 6.07) is 0. The van der Waals surface area contributed by atoms with Crippen molar-refractivity contribution >= 4 is 11.8 Å². The molecule has 0 radical (unpaired) electrons. The summed E-state index contributed by atoms with van der Waals surface area (Å²) in [5.74, 6) is -2.11. The molecule has 6 heteroatoms. The molecular weight excluding hydrogens is 167 g/mol. The van der Waals surface area contributed by atoms with Crippen molar-refractivity contribution < 1.29 is 19.1 Å². The number of halogens is 1. The van der Waals surface area contributed by atoms with E-state index in [4.69, 9.17) is 16.6 Å². The van der Waals surface area contributed by atoms with Gasteiger partial charge in [-0.1, -0.05) is 0 Å². The molecule has 0 spiro atoms. The van der Waals surface area contributed by atoms with Crippen molar-refractivity contribution in [1.29, 1.82) is 0 Å². The van der Waals surface area contributed by atoms with Gasteiger partial charge in [0.05, 0.1) is 6.54 Å². The second-order valence-electron chi connectivity index (χ2n) is 2.51. The zero-order chi connectivity index (χ0) is 9.78. The molecule has 0 saturated heterocycles. The summed E-state index contributed by atoms with van der Waals surface area (Å²) < 4.78 is 12.1. The van der Waals surface area contributed by atoms with Crippen LogP contribution in [0.3, 0.4) is 0 Å². The Balaban J connectivity index is 4.34. The summed E-state index contributed by atoms with van der Waals surface area (Å²) in [4.78, 5) is 21.0. The lowest BCUT2D eigenvalue weighted by molar-refractivity contribution is -0.146. The number of rotatable bonds is 5. The number of carbonyl (C=O) groups is 2. The van der Waals surface area contributed by atoms with Crippen molar-refractivity contribution in [3.8, 4) is 0 Å². The number of aliphatic carboxylic acids is 1. The second kappa shape index (κ2) is 4.13. The molecule has 0 aliphatic carbocycles. The van der Waals surface area contributed by atoms with Crippen molar-refractivity contribution in [3.63, 3.8) is 0 Å². The van der Waals surface area contributed by atoms with Gasteiger partial charge in [-0.05, 0) is 0 Å². The van der Waals surface area contributed by atoms with Gasteiger partial charge in [-0.2, -0.15) is 0 Å². The number of carboxylic acids is 1. The quantitative estimate of drug-likeness (QED) is 0.483. The minimum atomic E-state index is -2.11. The number of carbonyl (C=O) groups excluding carboxylic acids is 1. The van der Waals surface area contributed by atoms with Crippen LogP contribution in [0.2, 0.25) is 0 Å². The maximum atomic E-state index is 12.1. The fraction of sp³-hybridized carbons (Fsp3) is 0.667. The van der Waals surface area contributed by atoms with E-state index < -0.39 is 30.4 Å². The van der Waals surface area contributed by atoms with Crippen molar-refractivity contribution in [2.45, 2.75) is 12.0 Å². The Hall–Kier alpha value is -1.01. The molecule has 1 unspecified atom stereocenters. The van der Waals surface area contributed by atoms with E-state index >= 15 is 0 Å². The molecule has 5 N–H and O–H groups in total. The molecule has 1 atom stereocenters. The van der Waals surface area contributed by atoms with Gasteiger partial charge >= 0.3 is 5.97 Å². The van der Waals surface area contributed by atoms with E-state index in [1.165, 1.54) is 0 Å². The van der Waals surface area contributed by atoms with Crippen molar-refractivity contribution in [3.05, 3.63) is 0 Å². The van der Waals surface area contributed by atoms with Gasteiger partial charge in [0.25, 0.3) is 0 Å². The molecular formula is C6H11FN2O3. The van der Waals surface area contributed by atoms with Crippen LogP contribution < -0.4 is 11.5 Å². The van der Waals surface area contributed by atoms with E-state index in [9.17, 15) is 14.0 Å². The van der Waals surface area contributed by atoms with Gasteiger partial charge in [0.1, 0.15) is 18.0 Å². The summed E-state index contributed by atoms with van der Waals surface area (Å²) in [6.45, 7) is -1.61. The van der Waals surface area contributed by atoms with Gasteiger partial charge in [0, 0.05) is 6.42 Å². The van der Waals surface area contributed by atoms with Crippen molar-refractivity contribution in [2.75, 3.05) is 13.2 Å². The van der Waals surface area contributed by atoms with Crippen LogP contribution in [0.1, 0.15) is 6.42 Å². The molecule has 0 rings (SSSR count). The second-order valence-corrected chi connectivity index (χ2v) is 2.51. The Bertz CT molecular complexity index is 197. The maximum absolute atomic E-state index is 12.1. The molecule has 0 amide bonds. The first-order valence-electron chi connectivity index (χ1n) is 3.26. The topological polar surface area (TPSA) is 106 Å². The summed E-state index contributed by atoms with van der Waals surface area (Å²) >= 11 is 0. The number of Topliss-reactive ketones (excluding diaryl/α,β-unsaturated/α-hetero) is 1. The predicted octanol–water partition coefficient (Wildman–Crippen LogP) is -1.34. The van der Waals surface area contributed by atoms with Crippen molar-refractivity contribution in [1.82, 2.24) is 0 Å². The molecule has 0 aromatic heterocycles. The number of nitrogens with two attached hydrogens (primary N) is 2. The maximum Gasteiger partial charge on any atom is 0.326 e. The molecule has 0 bridgehead atoms. The molecule has 0 aromatic carbocycles. The molecule has 0 heterocycles. The largest absolute Gasteiger partial charge is 0.480 e. The molecule has 12 heavy (non-hydrogen) atoms. The van der Waals surface area contributed by atoms with E-state index in [0.29, 0.717) is 0 Å². The Morgan fingerprint density at radius 1 is 1.50 bits per heavy atom. The van der Waals surface area contributed by atoms with Crippen LogP contribution in [-0.2, 0) is 9.59 Å². The zero-order valence-corrected chi connectivity index (χ0v) is 6.42. The fourth-order valence-corrected chi connectivity index (χ4v) is 0.604. The van der Waals surface area contributed by atoms with E-state index in [1.54, 1.807) is 0 Å². The van der Waals surface area contributed by atoms with Gasteiger partial charge in [-0.15, -0.1) is 0 Å². The first-order valence-corrected chi connectivity index (χ1v) is 3.26. The third kappa shape index (κ3) is 2.55. The highest BCUT2D eigenvalue weighted by molar-refractivity contribution is 5.89. The lowest BCUT2D eigenvalue weighted by Crippen LogP contribution is -2.52. The van der Waals surface area contributed by atoms with Crippen molar-refractivity contribution in [2.24, 2.45) is 11.5 Å². The normalized spacial score (nSPS) is 15.2. The Morgan fingerprint density at radius 3 is 2.25 bits per heavy atom. The third-order valence-electron chi connectivity index (χ3n) is 1.40. The van der Waals surface area contributed by atoms with Crippen LogP contribution in [0.25, 0.3) is 0 Å². The monoisotopic (exact) mass is 178 g/mol. The number of hydrogen-bond donors (Lipinski definition) is 3. The number of alkyl halides is 1. The van der Waals surface area contributed by atoms with Gasteiger partial charge in [0.2, 0.25) is 0 Å². The highest BCUT2D eigenvalue weighted by Gasteiger charge is 2.36. The van der Waals surface area contributed by atoms with Gasteiger partial charge in [0.15, 0.2) is 0 Å². The van der Waals surface area contributed by atoms with E-state index in [2.05, 4.69) is 0 Å². The first kappa shape index (κ1) is 11.0. The number of hydrogen-bond acceptors (Lipinski definition) is 4. The molecule has 0 aliphatic rings. The molecule has 0 fully saturated rings. The van der Waals surface area contributed by atoms with Gasteiger partial charge in [-0.3, -0.25) is 9.59 Å². The average Bonchev–Trinajstić information content (AvgIpc) is 2.03. The Morgan fingerprint density at radius 2 is 2.00 bits per heavy atom. The lowest BCUT2D eigenvalue weighted by atomic mass is 9.96.